The molecule has 0 aliphatic heterocycles. The molecule has 0 atom stereocenters. The lowest BCUT2D eigenvalue weighted by atomic mass is 9.72. The van der Waals surface area contributed by atoms with Crippen molar-refractivity contribution in [2.45, 2.75) is 97.8 Å². The van der Waals surface area contributed by atoms with E-state index < -0.39 is 0 Å². The highest BCUT2D eigenvalue weighted by Crippen LogP contribution is 2.42. The van der Waals surface area contributed by atoms with Gasteiger partial charge >= 0.3 is 0 Å². The van der Waals surface area contributed by atoms with Gasteiger partial charge in [-0.15, -0.1) is 0 Å². The Bertz CT molecular complexity index is 874. The third-order valence-electron chi connectivity index (χ3n) is 7.36. The van der Waals surface area contributed by atoms with E-state index in [1.807, 2.05) is 0 Å². The van der Waals surface area contributed by atoms with E-state index in [1.165, 1.54) is 59.2 Å². The van der Waals surface area contributed by atoms with Crippen LogP contribution in [0.3, 0.4) is 0 Å². The first-order valence-electron chi connectivity index (χ1n) is 11.6. The molecule has 0 spiro atoms. The van der Waals surface area contributed by atoms with Crippen LogP contribution in [0.15, 0.2) is 30.5 Å². The highest BCUT2D eigenvalue weighted by molar-refractivity contribution is 5.63. The monoisotopic (exact) mass is 392 g/mol. The summed E-state index contributed by atoms with van der Waals surface area (Å²) in [7, 11) is 2.20. The molecule has 0 saturated heterocycles. The van der Waals surface area contributed by atoms with Crippen LogP contribution in [0.2, 0.25) is 0 Å². The van der Waals surface area contributed by atoms with Crippen molar-refractivity contribution in [3.05, 3.63) is 52.7 Å². The van der Waals surface area contributed by atoms with E-state index in [9.17, 15) is 0 Å². The molecule has 3 rings (SSSR count). The molecule has 1 aromatic heterocycles. The molecular formula is C28H42N+. The van der Waals surface area contributed by atoms with Crippen molar-refractivity contribution in [3.63, 3.8) is 0 Å². The van der Waals surface area contributed by atoms with Crippen molar-refractivity contribution in [2.75, 3.05) is 0 Å². The van der Waals surface area contributed by atoms with Crippen LogP contribution >= 0.6 is 0 Å². The Hall–Kier alpha value is -1.63. The van der Waals surface area contributed by atoms with E-state index >= 15 is 0 Å². The Morgan fingerprint density at radius 1 is 0.966 bits per heavy atom. The van der Waals surface area contributed by atoms with Crippen LogP contribution in [0.1, 0.15) is 102 Å². The van der Waals surface area contributed by atoms with Crippen LogP contribution in [0.4, 0.5) is 0 Å². The molecule has 1 heterocycles. The van der Waals surface area contributed by atoms with E-state index in [4.69, 9.17) is 0 Å². The first-order valence-corrected chi connectivity index (χ1v) is 11.6. The summed E-state index contributed by atoms with van der Waals surface area (Å²) in [5.74, 6) is 1.34. The minimum absolute atomic E-state index is 0.153. The smallest absolute Gasteiger partial charge is 0.201 e. The number of benzene rings is 1. The largest absolute Gasteiger partial charge is 0.212 e. The quantitative estimate of drug-likeness (QED) is 0.478. The fourth-order valence-electron chi connectivity index (χ4n) is 5.27. The third kappa shape index (κ3) is 4.30. The zero-order valence-corrected chi connectivity index (χ0v) is 20.3. The number of hydrogen-bond donors (Lipinski definition) is 0. The molecule has 1 fully saturated rings. The van der Waals surface area contributed by atoms with Gasteiger partial charge in [0.25, 0.3) is 0 Å². The maximum atomic E-state index is 2.46. The Kier molecular flexibility index (Phi) is 6.01. The molecule has 1 nitrogen and oxygen atoms in total. The van der Waals surface area contributed by atoms with E-state index in [0.29, 0.717) is 5.92 Å². The van der Waals surface area contributed by atoms with Gasteiger partial charge in [0.05, 0.1) is 0 Å². The second kappa shape index (κ2) is 7.89. The highest BCUT2D eigenvalue weighted by atomic mass is 14.9. The molecule has 1 saturated carbocycles. The summed E-state index contributed by atoms with van der Waals surface area (Å²) < 4.78 is 2.33. The van der Waals surface area contributed by atoms with Crippen LogP contribution in [0.5, 0.6) is 0 Å². The lowest BCUT2D eigenvalue weighted by Crippen LogP contribution is -2.34. The number of aromatic nitrogens is 1. The number of aryl methyl sites for hydroxylation is 2. The fraction of sp³-hybridized carbons (Fsp3) is 0.607. The van der Waals surface area contributed by atoms with Crippen molar-refractivity contribution in [3.8, 4) is 11.3 Å². The average Bonchev–Trinajstić information content (AvgIpc) is 3.16. The van der Waals surface area contributed by atoms with Gasteiger partial charge in [-0.05, 0) is 65.2 Å². The summed E-state index contributed by atoms with van der Waals surface area (Å²) in [6.45, 7) is 18.8. The molecule has 0 bridgehead atoms. The molecule has 0 amide bonds. The molecule has 0 unspecified atom stereocenters. The van der Waals surface area contributed by atoms with Gasteiger partial charge in [-0.25, -0.2) is 4.57 Å². The van der Waals surface area contributed by atoms with Crippen molar-refractivity contribution in [1.29, 1.82) is 0 Å². The Balaban J connectivity index is 2.06. The number of nitrogens with zero attached hydrogens (tertiary/aromatic N) is 1. The fourth-order valence-corrected chi connectivity index (χ4v) is 5.27. The normalized spacial score (nSPS) is 16.1. The van der Waals surface area contributed by atoms with E-state index in [0.717, 1.165) is 5.92 Å². The van der Waals surface area contributed by atoms with Crippen LogP contribution in [0.25, 0.3) is 11.3 Å². The first kappa shape index (κ1) is 22.1. The first-order chi connectivity index (χ1) is 13.4. The number of pyridine rings is 1. The molecule has 1 aliphatic rings. The van der Waals surface area contributed by atoms with E-state index in [2.05, 4.69) is 97.5 Å². The molecular weight excluding hydrogens is 350 g/mol. The molecule has 0 radical (unpaired) electrons. The van der Waals surface area contributed by atoms with Crippen LogP contribution in [-0.2, 0) is 17.9 Å². The predicted molar refractivity (Wildman–Crippen MR) is 126 cm³/mol. The standard InChI is InChI=1S/C28H42N/c1-19(2)24-17-26(29(9)18-25(24)27(4,5)6)23-15-14-22(16-20(23)3)28(7,8)21-12-10-11-13-21/h14-19,21H,10-13H2,1-9H3/q+1. The minimum Gasteiger partial charge on any atom is -0.201 e. The predicted octanol–water partition coefficient (Wildman–Crippen LogP) is 7.38. The van der Waals surface area contributed by atoms with Crippen molar-refractivity contribution < 1.29 is 4.57 Å². The lowest BCUT2D eigenvalue weighted by Gasteiger charge is -2.33. The Morgan fingerprint density at radius 2 is 1.59 bits per heavy atom. The lowest BCUT2D eigenvalue weighted by molar-refractivity contribution is -0.661. The van der Waals surface area contributed by atoms with Gasteiger partial charge < -0.3 is 0 Å². The summed E-state index contributed by atoms with van der Waals surface area (Å²) in [5, 5.41) is 0. The summed E-state index contributed by atoms with van der Waals surface area (Å²) in [6, 6.07) is 9.67. The average molecular weight is 393 g/mol. The van der Waals surface area contributed by atoms with E-state index in [-0.39, 0.29) is 10.8 Å². The van der Waals surface area contributed by atoms with Gasteiger partial charge in [-0.1, -0.05) is 73.4 Å². The van der Waals surface area contributed by atoms with Gasteiger partial charge in [0.2, 0.25) is 5.69 Å². The van der Waals surface area contributed by atoms with Crippen molar-refractivity contribution >= 4 is 0 Å². The molecule has 1 aliphatic carbocycles. The van der Waals surface area contributed by atoms with E-state index in [1.54, 1.807) is 0 Å². The van der Waals surface area contributed by atoms with Crippen molar-refractivity contribution in [1.82, 2.24) is 0 Å². The van der Waals surface area contributed by atoms with Crippen LogP contribution < -0.4 is 4.57 Å². The van der Waals surface area contributed by atoms with Gasteiger partial charge in [0.15, 0.2) is 6.20 Å². The molecule has 0 N–H and O–H groups in total. The second-order valence-corrected chi connectivity index (χ2v) is 11.3. The number of hydrogen-bond acceptors (Lipinski definition) is 0. The summed E-state index contributed by atoms with van der Waals surface area (Å²) in [4.78, 5) is 0. The molecule has 2 aromatic rings. The molecule has 1 aromatic carbocycles. The zero-order valence-electron chi connectivity index (χ0n) is 20.3. The van der Waals surface area contributed by atoms with Crippen LogP contribution in [0, 0.1) is 12.8 Å². The topological polar surface area (TPSA) is 3.88 Å². The second-order valence-electron chi connectivity index (χ2n) is 11.3. The van der Waals surface area contributed by atoms with Gasteiger partial charge in [-0.2, -0.15) is 0 Å². The summed E-state index contributed by atoms with van der Waals surface area (Å²) >= 11 is 0. The zero-order chi connectivity index (χ0) is 21.6. The van der Waals surface area contributed by atoms with Gasteiger partial charge in [-0.3, -0.25) is 0 Å². The number of rotatable bonds is 4. The SMILES string of the molecule is Cc1cc(C(C)(C)C2CCCC2)ccc1-c1cc(C(C)C)c(C(C)(C)C)c[n+]1C. The Labute approximate surface area is 179 Å². The highest BCUT2D eigenvalue weighted by Gasteiger charge is 2.34. The summed E-state index contributed by atoms with van der Waals surface area (Å²) in [6.07, 6.45) is 7.93. The maximum Gasteiger partial charge on any atom is 0.212 e. The third-order valence-corrected chi connectivity index (χ3v) is 7.36. The van der Waals surface area contributed by atoms with Gasteiger partial charge in [0.1, 0.15) is 7.05 Å². The Morgan fingerprint density at radius 3 is 2.10 bits per heavy atom. The van der Waals surface area contributed by atoms with Gasteiger partial charge in [0, 0.05) is 17.2 Å². The molecule has 158 valence electrons. The van der Waals surface area contributed by atoms with Crippen molar-refractivity contribution in [2.24, 2.45) is 13.0 Å². The molecule has 29 heavy (non-hydrogen) atoms. The van der Waals surface area contributed by atoms with Crippen LogP contribution in [-0.4, -0.2) is 0 Å². The molecule has 1 heteroatoms. The summed E-state index contributed by atoms with van der Waals surface area (Å²) in [5.41, 5.74) is 8.92. The minimum atomic E-state index is 0.153. The maximum absolute atomic E-state index is 2.46.